The molecule has 4 aromatic rings. The summed E-state index contributed by atoms with van der Waals surface area (Å²) in [7, 11) is 6.51. The molecule has 13 heteroatoms. The Balaban J connectivity index is 1.31. The van der Waals surface area contributed by atoms with Crippen molar-refractivity contribution in [1.82, 2.24) is 25.1 Å². The van der Waals surface area contributed by atoms with Gasteiger partial charge in [0.25, 0.3) is 11.8 Å². The van der Waals surface area contributed by atoms with Crippen molar-refractivity contribution in [2.24, 2.45) is 12.1 Å². The first-order valence-corrected chi connectivity index (χ1v) is 15.4. The smallest absolute Gasteiger partial charge is 0.253 e. The molecule has 2 heterocycles. The van der Waals surface area contributed by atoms with Crippen molar-refractivity contribution in [2.75, 3.05) is 27.1 Å². The lowest BCUT2D eigenvalue weighted by atomic mass is 9.97. The van der Waals surface area contributed by atoms with Gasteiger partial charge in [-0.25, -0.2) is 5.01 Å². The molecular formula is C31H31BrN6O5S. The van der Waals surface area contributed by atoms with E-state index >= 15 is 0 Å². The van der Waals surface area contributed by atoms with Gasteiger partial charge in [-0.1, -0.05) is 58.0 Å². The van der Waals surface area contributed by atoms with E-state index in [0.29, 0.717) is 40.2 Å². The number of thioether (sulfide) groups is 1. The van der Waals surface area contributed by atoms with Crippen LogP contribution in [0.25, 0.3) is 0 Å². The number of benzene rings is 3. The molecule has 1 N–H and O–H groups in total. The minimum absolute atomic E-state index is 0.0715. The average molecular weight is 680 g/mol. The van der Waals surface area contributed by atoms with Gasteiger partial charge in [0.05, 0.1) is 45.4 Å². The highest BCUT2D eigenvalue weighted by Crippen LogP contribution is 2.42. The van der Waals surface area contributed by atoms with Crippen LogP contribution in [0.2, 0.25) is 0 Å². The lowest BCUT2D eigenvalue weighted by Crippen LogP contribution is -2.29. The van der Waals surface area contributed by atoms with Crippen molar-refractivity contribution in [2.45, 2.75) is 24.2 Å². The summed E-state index contributed by atoms with van der Waals surface area (Å²) in [5.41, 5.74) is 2.99. The molecule has 3 aromatic carbocycles. The fourth-order valence-corrected chi connectivity index (χ4v) is 5.86. The highest BCUT2D eigenvalue weighted by Gasteiger charge is 2.35. The Labute approximate surface area is 267 Å². The Morgan fingerprint density at radius 1 is 1.00 bits per heavy atom. The number of methoxy groups -OCH3 is 3. The molecule has 228 valence electrons. The lowest BCUT2D eigenvalue weighted by Gasteiger charge is -2.24. The quantitative estimate of drug-likeness (QED) is 0.220. The van der Waals surface area contributed by atoms with E-state index in [9.17, 15) is 9.59 Å². The van der Waals surface area contributed by atoms with Gasteiger partial charge >= 0.3 is 0 Å². The maximum Gasteiger partial charge on any atom is 0.253 e. The standard InChI is InChI=1S/C31H31BrN6O5S/c1-37-27(17-33-30(40)20-7-5-8-22(15-20)41-2)34-35-31(37)44-18-28(39)38-25(23-9-6-10-26(42-3)29(23)43-4)16-24(36-38)19-11-13-21(32)14-12-19/h5-15,25H,16-18H2,1-4H3,(H,33,40). The summed E-state index contributed by atoms with van der Waals surface area (Å²) < 4.78 is 19.1. The number of hydrogen-bond acceptors (Lipinski definition) is 9. The Morgan fingerprint density at radius 2 is 1.77 bits per heavy atom. The van der Waals surface area contributed by atoms with Gasteiger partial charge in [-0.15, -0.1) is 10.2 Å². The van der Waals surface area contributed by atoms with Gasteiger partial charge in [0, 0.05) is 29.1 Å². The molecule has 11 nitrogen and oxygen atoms in total. The highest BCUT2D eigenvalue weighted by atomic mass is 79.9. The third-order valence-electron chi connectivity index (χ3n) is 7.12. The largest absolute Gasteiger partial charge is 0.497 e. The van der Waals surface area contributed by atoms with E-state index in [1.165, 1.54) is 16.8 Å². The van der Waals surface area contributed by atoms with Crippen LogP contribution in [0, 0.1) is 0 Å². The molecule has 2 amide bonds. The zero-order valence-corrected chi connectivity index (χ0v) is 27.0. The molecule has 0 spiro atoms. The van der Waals surface area contributed by atoms with Crippen LogP contribution < -0.4 is 19.5 Å². The van der Waals surface area contributed by atoms with E-state index in [2.05, 4.69) is 31.4 Å². The number of nitrogens with zero attached hydrogens (tertiary/aromatic N) is 5. The number of carbonyl (C=O) groups excluding carboxylic acids is 2. The number of hydrogen-bond donors (Lipinski definition) is 1. The second-order valence-corrected chi connectivity index (χ2v) is 11.6. The number of ether oxygens (including phenoxy) is 3. The molecule has 0 fully saturated rings. The van der Waals surface area contributed by atoms with Gasteiger partial charge in [-0.3, -0.25) is 9.59 Å². The lowest BCUT2D eigenvalue weighted by molar-refractivity contribution is -0.130. The summed E-state index contributed by atoms with van der Waals surface area (Å²) in [6.45, 7) is 0.165. The molecule has 5 rings (SSSR count). The van der Waals surface area contributed by atoms with E-state index in [-0.39, 0.29) is 24.1 Å². The fraction of sp³-hybridized carbons (Fsp3) is 0.258. The average Bonchev–Trinajstić information content (AvgIpc) is 3.66. The first kappa shape index (κ1) is 31.1. The number of halogens is 1. The first-order valence-electron chi connectivity index (χ1n) is 13.6. The van der Waals surface area contributed by atoms with E-state index in [4.69, 9.17) is 19.3 Å². The van der Waals surface area contributed by atoms with Crippen molar-refractivity contribution < 1.29 is 23.8 Å². The van der Waals surface area contributed by atoms with Crippen LogP contribution >= 0.6 is 27.7 Å². The van der Waals surface area contributed by atoms with E-state index in [0.717, 1.165) is 21.3 Å². The SMILES string of the molecule is COc1cccc(C(=O)NCc2nnc(SCC(=O)N3N=C(c4ccc(Br)cc4)CC3c3cccc(OC)c3OC)n2C)c1. The zero-order valence-electron chi connectivity index (χ0n) is 24.6. The van der Waals surface area contributed by atoms with Crippen LogP contribution in [0.5, 0.6) is 17.2 Å². The molecule has 1 aromatic heterocycles. The highest BCUT2D eigenvalue weighted by molar-refractivity contribution is 9.10. The van der Waals surface area contributed by atoms with Crippen LogP contribution in [-0.2, 0) is 18.4 Å². The normalized spacial score (nSPS) is 14.2. The monoisotopic (exact) mass is 678 g/mol. The van der Waals surface area contributed by atoms with Crippen LogP contribution in [-0.4, -0.2) is 64.4 Å². The molecule has 1 atom stereocenters. The maximum absolute atomic E-state index is 13.7. The number of nitrogens with one attached hydrogen (secondary N) is 1. The fourth-order valence-electron chi connectivity index (χ4n) is 4.82. The van der Waals surface area contributed by atoms with Crippen LogP contribution in [0.1, 0.15) is 39.8 Å². The number of para-hydroxylation sites is 1. The topological polar surface area (TPSA) is 120 Å². The van der Waals surface area contributed by atoms with Gasteiger partial charge in [-0.2, -0.15) is 5.10 Å². The number of aromatic nitrogens is 3. The first-order chi connectivity index (χ1) is 21.3. The van der Waals surface area contributed by atoms with Crippen molar-refractivity contribution in [3.05, 3.63) is 93.7 Å². The number of hydrazone groups is 1. The van der Waals surface area contributed by atoms with Gasteiger partial charge in [0.2, 0.25) is 0 Å². The van der Waals surface area contributed by atoms with Crippen LogP contribution in [0.4, 0.5) is 0 Å². The third-order valence-corrected chi connectivity index (χ3v) is 8.66. The minimum Gasteiger partial charge on any atom is -0.497 e. The van der Waals surface area contributed by atoms with E-state index in [1.54, 1.807) is 57.2 Å². The van der Waals surface area contributed by atoms with E-state index in [1.807, 2.05) is 42.5 Å². The zero-order chi connectivity index (χ0) is 31.2. The Kier molecular flexibility index (Phi) is 9.85. The van der Waals surface area contributed by atoms with Gasteiger partial charge < -0.3 is 24.1 Å². The molecule has 1 unspecified atom stereocenters. The molecule has 1 aliphatic heterocycles. The van der Waals surface area contributed by atoms with Crippen molar-refractivity contribution in [1.29, 1.82) is 0 Å². The van der Waals surface area contributed by atoms with Gasteiger partial charge in [0.15, 0.2) is 22.5 Å². The van der Waals surface area contributed by atoms with Gasteiger partial charge in [-0.05, 0) is 42.0 Å². The Hall–Kier alpha value is -4.36. The Morgan fingerprint density at radius 3 is 2.50 bits per heavy atom. The third kappa shape index (κ3) is 6.73. The summed E-state index contributed by atoms with van der Waals surface area (Å²) in [4.78, 5) is 26.4. The molecular weight excluding hydrogens is 648 g/mol. The molecule has 0 saturated carbocycles. The molecule has 44 heavy (non-hydrogen) atoms. The molecule has 0 aliphatic carbocycles. The maximum atomic E-state index is 13.7. The number of rotatable bonds is 11. The molecule has 0 bridgehead atoms. The summed E-state index contributed by atoms with van der Waals surface area (Å²) in [6.07, 6.45) is 0.503. The van der Waals surface area contributed by atoms with E-state index < -0.39 is 6.04 Å². The van der Waals surface area contributed by atoms with Crippen molar-refractivity contribution in [3.8, 4) is 17.2 Å². The summed E-state index contributed by atoms with van der Waals surface area (Å²) in [6, 6.07) is 20.0. The summed E-state index contributed by atoms with van der Waals surface area (Å²) in [5, 5.41) is 18.2. The van der Waals surface area contributed by atoms with Gasteiger partial charge in [0.1, 0.15) is 5.75 Å². The summed E-state index contributed by atoms with van der Waals surface area (Å²) >= 11 is 4.73. The van der Waals surface area contributed by atoms with Crippen LogP contribution in [0.15, 0.2) is 81.5 Å². The van der Waals surface area contributed by atoms with Crippen LogP contribution in [0.3, 0.4) is 0 Å². The molecule has 1 aliphatic rings. The number of carbonyl (C=O) groups is 2. The van der Waals surface area contributed by atoms with Crippen molar-refractivity contribution >= 4 is 45.2 Å². The Bertz CT molecular complexity index is 1690. The molecule has 0 radical (unpaired) electrons. The minimum atomic E-state index is -0.395. The van der Waals surface area contributed by atoms with Crippen molar-refractivity contribution in [3.63, 3.8) is 0 Å². The predicted octanol–water partition coefficient (Wildman–Crippen LogP) is 5.00. The second-order valence-electron chi connectivity index (χ2n) is 9.76. The predicted molar refractivity (Wildman–Crippen MR) is 170 cm³/mol. The second kappa shape index (κ2) is 14.0. The molecule has 0 saturated heterocycles. The number of amides is 2. The summed E-state index contributed by atoms with van der Waals surface area (Å²) in [5.74, 6) is 1.89.